The number of aryl methyl sites for hydroxylation is 2. The lowest BCUT2D eigenvalue weighted by Crippen LogP contribution is -2.47. The Labute approximate surface area is 137 Å². The predicted octanol–water partition coefficient (Wildman–Crippen LogP) is 1.35. The zero-order valence-electron chi connectivity index (χ0n) is 14.3. The summed E-state index contributed by atoms with van der Waals surface area (Å²) in [7, 11) is 1.59. The molecule has 2 rings (SSSR count). The molecule has 0 saturated carbocycles. The van der Waals surface area contributed by atoms with Crippen LogP contribution >= 0.6 is 0 Å². The van der Waals surface area contributed by atoms with Crippen LogP contribution in [0, 0.1) is 6.92 Å². The molecule has 130 valence electrons. The molecule has 0 radical (unpaired) electrons. The van der Waals surface area contributed by atoms with Crippen molar-refractivity contribution in [3.63, 3.8) is 0 Å². The minimum Gasteiger partial charge on any atom is -0.456 e. The smallest absolute Gasteiger partial charge is 0.287 e. The van der Waals surface area contributed by atoms with Crippen molar-refractivity contribution in [1.29, 1.82) is 0 Å². The highest BCUT2D eigenvalue weighted by Crippen LogP contribution is 2.17. The molecule has 0 spiro atoms. The van der Waals surface area contributed by atoms with Gasteiger partial charge in [-0.05, 0) is 25.8 Å². The number of hydrogen-bond acceptors (Lipinski definition) is 5. The quantitative estimate of drug-likeness (QED) is 0.792. The zero-order valence-corrected chi connectivity index (χ0v) is 14.3. The van der Waals surface area contributed by atoms with Crippen LogP contribution in [0.15, 0.2) is 10.5 Å². The van der Waals surface area contributed by atoms with E-state index in [9.17, 15) is 9.90 Å². The lowest BCUT2D eigenvalue weighted by atomic mass is 10.0. The van der Waals surface area contributed by atoms with E-state index in [1.165, 1.54) is 0 Å². The average molecular weight is 324 g/mol. The molecular weight excluding hydrogens is 296 g/mol. The number of nitrogens with zero attached hydrogens (tertiary/aromatic N) is 1. The third-order valence-electron chi connectivity index (χ3n) is 4.27. The highest BCUT2D eigenvalue weighted by molar-refractivity contribution is 5.93. The van der Waals surface area contributed by atoms with Crippen LogP contribution in [0.2, 0.25) is 0 Å². The molecule has 1 amide bonds. The van der Waals surface area contributed by atoms with Crippen LogP contribution in [0.25, 0.3) is 0 Å². The van der Waals surface area contributed by atoms with Gasteiger partial charge in [0, 0.05) is 44.8 Å². The van der Waals surface area contributed by atoms with Gasteiger partial charge in [-0.25, -0.2) is 0 Å². The van der Waals surface area contributed by atoms with Crippen LogP contribution in [-0.4, -0.2) is 61.4 Å². The Bertz CT molecular complexity index is 507. The van der Waals surface area contributed by atoms with E-state index in [1.807, 2.05) is 19.9 Å². The first-order valence-electron chi connectivity index (χ1n) is 8.33. The fourth-order valence-corrected chi connectivity index (χ4v) is 3.00. The first kappa shape index (κ1) is 18.0. The molecule has 2 N–H and O–H groups in total. The SMILES string of the molecule is CCc1cc(C)c(C(=O)NC2CCN(CC(O)COC)CC2)o1. The molecular formula is C17H28N2O4. The standard InChI is InChI=1S/C17H28N2O4/c1-4-15-9-12(2)16(23-15)17(21)18-13-5-7-19(8-6-13)10-14(20)11-22-3/h9,13-14,20H,4-8,10-11H2,1-3H3,(H,18,21). The maximum Gasteiger partial charge on any atom is 0.287 e. The fraction of sp³-hybridized carbons (Fsp3) is 0.706. The Kier molecular flexibility index (Phi) is 6.62. The second-order valence-corrected chi connectivity index (χ2v) is 6.24. The van der Waals surface area contributed by atoms with Crippen molar-refractivity contribution in [3.05, 3.63) is 23.2 Å². The highest BCUT2D eigenvalue weighted by Gasteiger charge is 2.24. The van der Waals surface area contributed by atoms with Crippen molar-refractivity contribution in [3.8, 4) is 0 Å². The summed E-state index contributed by atoms with van der Waals surface area (Å²) in [4.78, 5) is 14.5. The largest absolute Gasteiger partial charge is 0.456 e. The third-order valence-corrected chi connectivity index (χ3v) is 4.27. The number of amides is 1. The Balaban J connectivity index is 1.79. The van der Waals surface area contributed by atoms with E-state index in [2.05, 4.69) is 10.2 Å². The van der Waals surface area contributed by atoms with E-state index in [1.54, 1.807) is 7.11 Å². The zero-order chi connectivity index (χ0) is 16.8. The highest BCUT2D eigenvalue weighted by atomic mass is 16.5. The number of hydrogen-bond donors (Lipinski definition) is 2. The van der Waals surface area contributed by atoms with E-state index in [0.717, 1.165) is 43.7 Å². The molecule has 1 aromatic rings. The summed E-state index contributed by atoms with van der Waals surface area (Å²) in [5, 5.41) is 12.8. The van der Waals surface area contributed by atoms with Gasteiger partial charge in [0.1, 0.15) is 5.76 Å². The van der Waals surface area contributed by atoms with Gasteiger partial charge < -0.3 is 24.5 Å². The fourth-order valence-electron chi connectivity index (χ4n) is 3.00. The molecule has 1 fully saturated rings. The van der Waals surface area contributed by atoms with E-state index in [4.69, 9.17) is 9.15 Å². The molecule has 1 aliphatic heterocycles. The van der Waals surface area contributed by atoms with Gasteiger partial charge in [-0.1, -0.05) is 6.92 Å². The molecule has 0 aromatic carbocycles. The number of piperidine rings is 1. The molecule has 1 saturated heterocycles. The molecule has 0 bridgehead atoms. The van der Waals surface area contributed by atoms with Gasteiger partial charge in [0.25, 0.3) is 5.91 Å². The first-order valence-corrected chi connectivity index (χ1v) is 8.33. The number of aliphatic hydroxyl groups excluding tert-OH is 1. The van der Waals surface area contributed by atoms with Gasteiger partial charge in [0.05, 0.1) is 12.7 Å². The topological polar surface area (TPSA) is 74.9 Å². The Morgan fingerprint density at radius 2 is 2.22 bits per heavy atom. The monoisotopic (exact) mass is 324 g/mol. The lowest BCUT2D eigenvalue weighted by molar-refractivity contribution is 0.0309. The van der Waals surface area contributed by atoms with Crippen LogP contribution in [0.4, 0.5) is 0 Å². The van der Waals surface area contributed by atoms with Crippen molar-refractivity contribution in [1.82, 2.24) is 10.2 Å². The van der Waals surface area contributed by atoms with Gasteiger partial charge >= 0.3 is 0 Å². The molecule has 0 aliphatic carbocycles. The van der Waals surface area contributed by atoms with Gasteiger partial charge in [0.2, 0.25) is 0 Å². The van der Waals surface area contributed by atoms with Crippen LogP contribution in [-0.2, 0) is 11.2 Å². The van der Waals surface area contributed by atoms with Crippen molar-refractivity contribution >= 4 is 5.91 Å². The number of nitrogens with one attached hydrogen (secondary N) is 1. The van der Waals surface area contributed by atoms with E-state index < -0.39 is 6.10 Å². The number of methoxy groups -OCH3 is 1. The first-order chi connectivity index (χ1) is 11.0. The van der Waals surface area contributed by atoms with Crippen molar-refractivity contribution in [2.24, 2.45) is 0 Å². The van der Waals surface area contributed by atoms with Crippen molar-refractivity contribution < 1.29 is 19.1 Å². The average Bonchev–Trinajstić information content (AvgIpc) is 2.91. The number of β-amino-alcohol motifs (C(OH)–C–C–N with tert-alkyl or cyclic N) is 1. The number of ether oxygens (including phenoxy) is 1. The maximum absolute atomic E-state index is 12.3. The predicted molar refractivity (Wildman–Crippen MR) is 87.6 cm³/mol. The van der Waals surface area contributed by atoms with Gasteiger partial charge in [-0.2, -0.15) is 0 Å². The van der Waals surface area contributed by atoms with Crippen molar-refractivity contribution in [2.45, 2.75) is 45.3 Å². The third kappa shape index (κ3) is 5.06. The minimum atomic E-state index is -0.454. The van der Waals surface area contributed by atoms with E-state index >= 15 is 0 Å². The van der Waals surface area contributed by atoms with Gasteiger partial charge in [0.15, 0.2) is 5.76 Å². The summed E-state index contributed by atoms with van der Waals surface area (Å²) < 4.78 is 10.5. The van der Waals surface area contributed by atoms with E-state index in [-0.39, 0.29) is 11.9 Å². The molecule has 1 aromatic heterocycles. The number of aliphatic hydroxyl groups is 1. The number of rotatable bonds is 7. The number of furan rings is 1. The molecule has 6 nitrogen and oxygen atoms in total. The molecule has 6 heteroatoms. The van der Waals surface area contributed by atoms with Crippen molar-refractivity contribution in [2.75, 3.05) is 33.4 Å². The minimum absolute atomic E-state index is 0.125. The maximum atomic E-state index is 12.3. The summed E-state index contributed by atoms with van der Waals surface area (Å²) in [6.45, 7) is 6.61. The number of likely N-dealkylation sites (tertiary alicyclic amines) is 1. The summed E-state index contributed by atoms with van der Waals surface area (Å²) in [5.41, 5.74) is 0.888. The van der Waals surface area contributed by atoms with Gasteiger partial charge in [-0.15, -0.1) is 0 Å². The Morgan fingerprint density at radius 3 is 2.78 bits per heavy atom. The van der Waals surface area contributed by atoms with Crippen LogP contribution in [0.3, 0.4) is 0 Å². The molecule has 1 unspecified atom stereocenters. The van der Waals surface area contributed by atoms with Crippen LogP contribution in [0.5, 0.6) is 0 Å². The molecule has 2 heterocycles. The second-order valence-electron chi connectivity index (χ2n) is 6.24. The molecule has 1 atom stereocenters. The Hall–Kier alpha value is -1.37. The van der Waals surface area contributed by atoms with Crippen LogP contribution in [0.1, 0.15) is 41.6 Å². The summed E-state index contributed by atoms with van der Waals surface area (Å²) in [6.07, 6.45) is 2.10. The second kappa shape index (κ2) is 8.47. The summed E-state index contributed by atoms with van der Waals surface area (Å²) >= 11 is 0. The normalized spacial score (nSPS) is 18.1. The van der Waals surface area contributed by atoms with Crippen LogP contribution < -0.4 is 5.32 Å². The summed E-state index contributed by atoms with van der Waals surface area (Å²) in [6, 6.07) is 2.09. The van der Waals surface area contributed by atoms with E-state index in [0.29, 0.717) is 18.9 Å². The van der Waals surface area contributed by atoms with Gasteiger partial charge in [-0.3, -0.25) is 4.79 Å². The number of carbonyl (C=O) groups is 1. The number of carbonyl (C=O) groups excluding carboxylic acids is 1. The molecule has 1 aliphatic rings. The summed E-state index contributed by atoms with van der Waals surface area (Å²) in [5.74, 6) is 1.15. The Morgan fingerprint density at radius 1 is 1.52 bits per heavy atom. The molecule has 23 heavy (non-hydrogen) atoms. The lowest BCUT2D eigenvalue weighted by Gasteiger charge is -2.33.